The van der Waals surface area contributed by atoms with Crippen molar-refractivity contribution < 1.29 is 37.4 Å². The van der Waals surface area contributed by atoms with E-state index in [9.17, 15) is 27.9 Å². The third kappa shape index (κ3) is 5.77. The van der Waals surface area contributed by atoms with Crippen LogP contribution in [0.15, 0.2) is 65.3 Å². The van der Waals surface area contributed by atoms with Gasteiger partial charge in [-0.1, -0.05) is 24.3 Å². The molecule has 0 saturated heterocycles. The molecule has 1 aliphatic rings. The molecule has 3 aromatic carbocycles. The second-order valence-corrected chi connectivity index (χ2v) is 12.1. The summed E-state index contributed by atoms with van der Waals surface area (Å²) in [5, 5.41) is 10.4. The van der Waals surface area contributed by atoms with Crippen molar-refractivity contribution in [1.82, 2.24) is 9.71 Å². The molecule has 5 rings (SSSR count). The minimum Gasteiger partial charge on any atom is -0.508 e. The van der Waals surface area contributed by atoms with Gasteiger partial charge < -0.3 is 14.6 Å². The van der Waals surface area contributed by atoms with Gasteiger partial charge in [-0.2, -0.15) is 0 Å². The lowest BCUT2D eigenvalue weighted by Gasteiger charge is -2.17. The predicted molar refractivity (Wildman–Crippen MR) is 162 cm³/mol. The van der Waals surface area contributed by atoms with E-state index in [0.29, 0.717) is 10.9 Å². The molecule has 1 aromatic heterocycles. The van der Waals surface area contributed by atoms with Crippen molar-refractivity contribution in [2.75, 3.05) is 18.1 Å². The number of rotatable bonds is 10. The van der Waals surface area contributed by atoms with Crippen LogP contribution in [0.1, 0.15) is 45.7 Å². The van der Waals surface area contributed by atoms with Crippen molar-refractivity contribution in [3.63, 3.8) is 0 Å². The van der Waals surface area contributed by atoms with Gasteiger partial charge in [0, 0.05) is 21.6 Å². The lowest BCUT2D eigenvalue weighted by molar-refractivity contribution is -0.118. The number of aromatic nitrogens is 1. The SMILES string of the molecule is CCOc1c2c(c(OCC)c3ncccc13)C(=O)N(c1ccc(CS(=O)(=O)NC(=O)Cc3ccccc3O)cc1Br)C2=O. The summed E-state index contributed by atoms with van der Waals surface area (Å²) in [5.74, 6) is -2.35. The molecule has 0 atom stereocenters. The summed E-state index contributed by atoms with van der Waals surface area (Å²) in [4.78, 5) is 45.4. The van der Waals surface area contributed by atoms with Gasteiger partial charge in [-0.15, -0.1) is 0 Å². The number of phenolic OH excluding ortho intramolecular Hbond substituents is 1. The molecule has 0 bridgehead atoms. The number of para-hydroxylation sites is 1. The lowest BCUT2D eigenvalue weighted by Crippen LogP contribution is -2.33. The molecule has 2 heterocycles. The Balaban J connectivity index is 1.44. The molecule has 1 aliphatic heterocycles. The summed E-state index contributed by atoms with van der Waals surface area (Å²) in [7, 11) is -4.12. The van der Waals surface area contributed by atoms with Crippen LogP contribution in [0.5, 0.6) is 17.2 Å². The molecular formula is C30H26BrN3O8S. The first-order valence-corrected chi connectivity index (χ1v) is 15.7. The molecule has 0 spiro atoms. The fourth-order valence-electron chi connectivity index (χ4n) is 4.89. The lowest BCUT2D eigenvalue weighted by atomic mass is 10.0. The van der Waals surface area contributed by atoms with Gasteiger partial charge in [0.25, 0.3) is 11.8 Å². The monoisotopic (exact) mass is 667 g/mol. The largest absolute Gasteiger partial charge is 0.508 e. The zero-order valence-corrected chi connectivity index (χ0v) is 25.5. The third-order valence-electron chi connectivity index (χ3n) is 6.60. The van der Waals surface area contributed by atoms with Crippen LogP contribution in [0.4, 0.5) is 5.69 Å². The Morgan fingerprint density at radius 3 is 2.33 bits per heavy atom. The van der Waals surface area contributed by atoms with Crippen LogP contribution < -0.4 is 19.1 Å². The molecule has 0 radical (unpaired) electrons. The molecule has 222 valence electrons. The van der Waals surface area contributed by atoms with Gasteiger partial charge >= 0.3 is 0 Å². The number of carbonyl (C=O) groups is 3. The number of sulfonamides is 1. The molecule has 11 nitrogen and oxygen atoms in total. The first-order valence-electron chi connectivity index (χ1n) is 13.2. The predicted octanol–water partition coefficient (Wildman–Crippen LogP) is 4.49. The van der Waals surface area contributed by atoms with Gasteiger partial charge in [-0.25, -0.2) is 13.3 Å². The maximum Gasteiger partial charge on any atom is 0.270 e. The van der Waals surface area contributed by atoms with E-state index >= 15 is 0 Å². The number of carbonyl (C=O) groups excluding carboxylic acids is 3. The molecule has 0 unspecified atom stereocenters. The van der Waals surface area contributed by atoms with E-state index in [4.69, 9.17) is 9.47 Å². The molecule has 0 saturated carbocycles. The minimum absolute atomic E-state index is 0.0345. The van der Waals surface area contributed by atoms with E-state index < -0.39 is 33.5 Å². The number of ether oxygens (including phenoxy) is 2. The Hall–Kier alpha value is -4.49. The van der Waals surface area contributed by atoms with E-state index in [1.165, 1.54) is 30.3 Å². The van der Waals surface area contributed by atoms with Crippen LogP contribution in [0.3, 0.4) is 0 Å². The second-order valence-electron chi connectivity index (χ2n) is 9.50. The van der Waals surface area contributed by atoms with Crippen molar-refractivity contribution in [3.8, 4) is 17.2 Å². The van der Waals surface area contributed by atoms with Gasteiger partial charge in [-0.05, 0) is 65.7 Å². The molecular weight excluding hydrogens is 642 g/mol. The molecule has 0 aliphatic carbocycles. The van der Waals surface area contributed by atoms with Crippen LogP contribution in [-0.4, -0.2) is 49.4 Å². The van der Waals surface area contributed by atoms with Crippen molar-refractivity contribution in [2.45, 2.75) is 26.0 Å². The van der Waals surface area contributed by atoms with Gasteiger partial charge in [0.2, 0.25) is 15.9 Å². The zero-order chi connectivity index (χ0) is 30.9. The number of pyridine rings is 1. The highest BCUT2D eigenvalue weighted by Gasteiger charge is 2.44. The molecule has 13 heteroatoms. The highest BCUT2D eigenvalue weighted by molar-refractivity contribution is 9.10. The number of benzene rings is 3. The summed E-state index contributed by atoms with van der Waals surface area (Å²) in [6.45, 7) is 3.99. The average Bonchev–Trinajstić information content (AvgIpc) is 3.21. The Morgan fingerprint density at radius 1 is 0.977 bits per heavy atom. The quantitative estimate of drug-likeness (QED) is 0.233. The number of halogens is 1. The average molecular weight is 669 g/mol. The van der Waals surface area contributed by atoms with Crippen molar-refractivity contribution in [3.05, 3.63) is 87.5 Å². The Bertz CT molecular complexity index is 1830. The Morgan fingerprint density at radius 2 is 1.65 bits per heavy atom. The fraction of sp³-hybridized carbons (Fsp3) is 0.200. The van der Waals surface area contributed by atoms with E-state index in [-0.39, 0.29) is 69.3 Å². The third-order valence-corrected chi connectivity index (χ3v) is 8.49. The number of nitrogens with one attached hydrogen (secondary N) is 1. The van der Waals surface area contributed by atoms with E-state index in [1.54, 1.807) is 44.3 Å². The second kappa shape index (κ2) is 12.0. The number of fused-ring (bicyclic) bond motifs is 2. The maximum atomic E-state index is 13.8. The van der Waals surface area contributed by atoms with Crippen LogP contribution in [0.25, 0.3) is 10.9 Å². The number of amides is 3. The fourth-order valence-corrected chi connectivity index (χ4v) is 6.60. The number of anilines is 1. The normalized spacial score (nSPS) is 12.9. The maximum absolute atomic E-state index is 13.8. The molecule has 43 heavy (non-hydrogen) atoms. The Labute approximate surface area is 255 Å². The van der Waals surface area contributed by atoms with Gasteiger partial charge in [0.05, 0.1) is 36.6 Å². The number of aromatic hydroxyl groups is 1. The highest BCUT2D eigenvalue weighted by atomic mass is 79.9. The topological polar surface area (TPSA) is 152 Å². The number of phenols is 1. The summed E-state index contributed by atoms with van der Waals surface area (Å²) in [5.41, 5.74) is 1.23. The zero-order valence-electron chi connectivity index (χ0n) is 23.1. The molecule has 3 amide bonds. The number of hydrogen-bond acceptors (Lipinski definition) is 9. The van der Waals surface area contributed by atoms with Gasteiger partial charge in [0.1, 0.15) is 22.6 Å². The highest BCUT2D eigenvalue weighted by Crippen LogP contribution is 2.46. The van der Waals surface area contributed by atoms with Crippen molar-refractivity contribution in [1.29, 1.82) is 0 Å². The van der Waals surface area contributed by atoms with Crippen LogP contribution in [0, 0.1) is 0 Å². The molecule has 0 fully saturated rings. The summed E-state index contributed by atoms with van der Waals surface area (Å²) >= 11 is 3.38. The first-order chi connectivity index (χ1) is 20.6. The molecule has 4 aromatic rings. The van der Waals surface area contributed by atoms with E-state index in [0.717, 1.165) is 4.90 Å². The van der Waals surface area contributed by atoms with Crippen molar-refractivity contribution >= 4 is 60.3 Å². The smallest absolute Gasteiger partial charge is 0.270 e. The van der Waals surface area contributed by atoms with Crippen LogP contribution in [-0.2, 0) is 27.0 Å². The molecule has 2 N–H and O–H groups in total. The summed E-state index contributed by atoms with van der Waals surface area (Å²) in [6.07, 6.45) is 1.23. The summed E-state index contributed by atoms with van der Waals surface area (Å²) in [6, 6.07) is 13.9. The Kier molecular flexibility index (Phi) is 8.38. The number of nitrogens with zero attached hydrogens (tertiary/aromatic N) is 2. The number of hydrogen-bond donors (Lipinski definition) is 2. The van der Waals surface area contributed by atoms with E-state index in [2.05, 4.69) is 20.9 Å². The van der Waals surface area contributed by atoms with E-state index in [1.807, 2.05) is 4.72 Å². The van der Waals surface area contributed by atoms with Crippen LogP contribution >= 0.6 is 15.9 Å². The minimum atomic E-state index is -4.12. The van der Waals surface area contributed by atoms with Gasteiger partial charge in [0.15, 0.2) is 5.75 Å². The number of imide groups is 1. The van der Waals surface area contributed by atoms with Crippen LogP contribution in [0.2, 0.25) is 0 Å². The first kappa shape index (κ1) is 30.0. The summed E-state index contributed by atoms with van der Waals surface area (Å²) < 4.78 is 39.4. The standard InChI is InChI=1S/C30H26BrN3O8S/c1-3-41-27-19-9-7-13-32-26(19)28(42-4-2)25-24(27)29(37)34(30(25)38)21-12-11-17(14-20(21)31)16-43(39,40)33-23(36)15-18-8-5-6-10-22(18)35/h5-14,35H,3-4,15-16H2,1-2H3,(H,33,36). The van der Waals surface area contributed by atoms with Gasteiger partial charge in [-0.3, -0.25) is 24.1 Å². The van der Waals surface area contributed by atoms with Crippen molar-refractivity contribution in [2.24, 2.45) is 0 Å².